The molecule has 1 aliphatic rings. The van der Waals surface area contributed by atoms with E-state index >= 15 is 0 Å². The molecule has 1 heterocycles. The lowest BCUT2D eigenvalue weighted by molar-refractivity contribution is -0.116. The average molecular weight is 397 g/mol. The lowest BCUT2D eigenvalue weighted by Crippen LogP contribution is -2.36. The minimum absolute atomic E-state index is 0.0331. The molecule has 0 aromatic heterocycles. The van der Waals surface area contributed by atoms with Gasteiger partial charge in [-0.2, -0.15) is 4.31 Å². The maximum atomic E-state index is 12.3. The van der Waals surface area contributed by atoms with E-state index in [9.17, 15) is 13.2 Å². The number of carbonyl (C=O) groups excluding carboxylic acids is 1. The van der Waals surface area contributed by atoms with Gasteiger partial charge in [-0.05, 0) is 29.8 Å². The monoisotopic (exact) mass is 396 g/mol. The van der Waals surface area contributed by atoms with Crippen molar-refractivity contribution in [1.82, 2.24) is 4.31 Å². The first-order valence-corrected chi connectivity index (χ1v) is 9.93. The Hall–Kier alpha value is -2.29. The van der Waals surface area contributed by atoms with E-state index in [1.807, 2.05) is 0 Å². The van der Waals surface area contributed by atoms with Crippen molar-refractivity contribution in [2.45, 2.75) is 6.54 Å². The molecule has 2 aromatic carbocycles. The number of nitrogens with zero attached hydrogens (tertiary/aromatic N) is 1. The summed E-state index contributed by atoms with van der Waals surface area (Å²) in [6.45, 7) is -0.168. The minimum Gasteiger partial charge on any atom is -0.454 e. The predicted molar refractivity (Wildman–Crippen MR) is 97.9 cm³/mol. The van der Waals surface area contributed by atoms with Gasteiger partial charge in [0.2, 0.25) is 22.7 Å². The second kappa shape index (κ2) is 7.53. The molecule has 1 aliphatic heterocycles. The van der Waals surface area contributed by atoms with Gasteiger partial charge in [0.1, 0.15) is 0 Å². The Morgan fingerprint density at radius 1 is 1.19 bits per heavy atom. The summed E-state index contributed by atoms with van der Waals surface area (Å²) in [6, 6.07) is 11.9. The Morgan fingerprint density at radius 2 is 1.92 bits per heavy atom. The zero-order valence-electron chi connectivity index (χ0n) is 13.9. The summed E-state index contributed by atoms with van der Waals surface area (Å²) in [5.74, 6) is 0.678. The quantitative estimate of drug-likeness (QED) is 0.810. The van der Waals surface area contributed by atoms with E-state index in [1.165, 1.54) is 0 Å². The van der Waals surface area contributed by atoms with Crippen LogP contribution in [0.2, 0.25) is 5.02 Å². The predicted octanol–water partition coefficient (Wildman–Crippen LogP) is 2.47. The molecule has 0 saturated carbocycles. The van der Waals surface area contributed by atoms with Crippen LogP contribution in [0.5, 0.6) is 11.5 Å². The first-order valence-electron chi connectivity index (χ1n) is 7.71. The van der Waals surface area contributed by atoms with Crippen LogP contribution in [-0.4, -0.2) is 38.2 Å². The standard InChI is InChI=1S/C17H17ClN2O5S/c1-26(22,23)20(9-12-6-7-15-16(8-12)25-11-24-15)10-17(21)19-14-5-3-2-4-13(14)18/h2-8H,9-11H2,1H3,(H,19,21). The molecule has 0 bridgehead atoms. The molecular formula is C17H17ClN2O5S. The third-order valence-corrected chi connectivity index (χ3v) is 5.26. The van der Waals surface area contributed by atoms with Crippen molar-refractivity contribution < 1.29 is 22.7 Å². The molecule has 0 atom stereocenters. The third kappa shape index (κ3) is 4.46. The molecule has 2 aromatic rings. The molecule has 0 unspecified atom stereocenters. The minimum atomic E-state index is -3.61. The highest BCUT2D eigenvalue weighted by Gasteiger charge is 2.22. The number of fused-ring (bicyclic) bond motifs is 1. The summed E-state index contributed by atoms with van der Waals surface area (Å²) in [5, 5.41) is 3.00. The third-order valence-electron chi connectivity index (χ3n) is 3.73. The van der Waals surface area contributed by atoms with Gasteiger partial charge in [-0.1, -0.05) is 29.8 Å². The summed E-state index contributed by atoms with van der Waals surface area (Å²) >= 11 is 6.01. The summed E-state index contributed by atoms with van der Waals surface area (Å²) < 4.78 is 35.8. The van der Waals surface area contributed by atoms with Crippen LogP contribution in [0.3, 0.4) is 0 Å². The second-order valence-electron chi connectivity index (χ2n) is 5.75. The van der Waals surface area contributed by atoms with Crippen molar-refractivity contribution >= 4 is 33.2 Å². The maximum absolute atomic E-state index is 12.3. The average Bonchev–Trinajstić information content (AvgIpc) is 3.03. The van der Waals surface area contributed by atoms with Gasteiger partial charge >= 0.3 is 0 Å². The van der Waals surface area contributed by atoms with Crippen LogP contribution in [0.1, 0.15) is 5.56 Å². The Kier molecular flexibility index (Phi) is 5.36. The number of hydrogen-bond donors (Lipinski definition) is 1. The van der Waals surface area contributed by atoms with E-state index in [4.69, 9.17) is 21.1 Å². The molecule has 0 saturated heterocycles. The summed E-state index contributed by atoms with van der Waals surface area (Å²) in [6.07, 6.45) is 1.06. The largest absolute Gasteiger partial charge is 0.454 e. The van der Waals surface area contributed by atoms with Crippen LogP contribution in [-0.2, 0) is 21.4 Å². The van der Waals surface area contributed by atoms with Crippen LogP contribution in [0.15, 0.2) is 42.5 Å². The normalized spacial score (nSPS) is 13.0. The number of anilines is 1. The fraction of sp³-hybridized carbons (Fsp3) is 0.235. The number of benzene rings is 2. The summed E-state index contributed by atoms with van der Waals surface area (Å²) in [5.41, 5.74) is 1.11. The molecule has 0 aliphatic carbocycles. The molecule has 9 heteroatoms. The molecule has 0 fully saturated rings. The van der Waals surface area contributed by atoms with Crippen molar-refractivity contribution in [2.24, 2.45) is 0 Å². The van der Waals surface area contributed by atoms with Gasteiger partial charge in [0.05, 0.1) is 23.5 Å². The van der Waals surface area contributed by atoms with Crippen molar-refractivity contribution in [2.75, 3.05) is 24.9 Å². The molecule has 26 heavy (non-hydrogen) atoms. The van der Waals surface area contributed by atoms with Crippen molar-refractivity contribution in [1.29, 1.82) is 0 Å². The van der Waals surface area contributed by atoms with Crippen molar-refractivity contribution in [3.05, 3.63) is 53.1 Å². The highest BCUT2D eigenvalue weighted by Crippen LogP contribution is 2.33. The van der Waals surface area contributed by atoms with E-state index < -0.39 is 15.9 Å². The van der Waals surface area contributed by atoms with Gasteiger partial charge in [-0.3, -0.25) is 4.79 Å². The van der Waals surface area contributed by atoms with Crippen LogP contribution < -0.4 is 14.8 Å². The number of sulfonamides is 1. The van der Waals surface area contributed by atoms with Crippen LogP contribution in [0, 0.1) is 0 Å². The number of rotatable bonds is 6. The zero-order chi connectivity index (χ0) is 18.7. The van der Waals surface area contributed by atoms with Gasteiger partial charge in [0.25, 0.3) is 0 Å². The molecule has 138 valence electrons. The van der Waals surface area contributed by atoms with Gasteiger partial charge in [-0.25, -0.2) is 8.42 Å². The van der Waals surface area contributed by atoms with Gasteiger partial charge in [0.15, 0.2) is 11.5 Å². The Balaban J connectivity index is 1.72. The Labute approximate surface area is 156 Å². The Bertz CT molecular complexity index is 933. The number of para-hydroxylation sites is 1. The zero-order valence-corrected chi connectivity index (χ0v) is 15.5. The van der Waals surface area contributed by atoms with Gasteiger partial charge in [-0.15, -0.1) is 0 Å². The molecule has 1 N–H and O–H groups in total. The van der Waals surface area contributed by atoms with E-state index in [-0.39, 0.29) is 19.9 Å². The van der Waals surface area contributed by atoms with E-state index in [0.29, 0.717) is 27.8 Å². The number of amides is 1. The lowest BCUT2D eigenvalue weighted by Gasteiger charge is -2.20. The van der Waals surface area contributed by atoms with Crippen LogP contribution >= 0.6 is 11.6 Å². The van der Waals surface area contributed by atoms with E-state index in [1.54, 1.807) is 42.5 Å². The fourth-order valence-corrected chi connectivity index (χ4v) is 3.36. The number of ether oxygens (including phenoxy) is 2. The SMILES string of the molecule is CS(=O)(=O)N(CC(=O)Nc1ccccc1Cl)Cc1ccc2c(c1)OCO2. The molecule has 0 radical (unpaired) electrons. The number of nitrogens with one attached hydrogen (secondary N) is 1. The van der Waals surface area contributed by atoms with Crippen molar-refractivity contribution in [3.8, 4) is 11.5 Å². The first kappa shape index (κ1) is 18.5. The molecular weight excluding hydrogens is 380 g/mol. The first-order chi connectivity index (χ1) is 12.3. The molecule has 7 nitrogen and oxygen atoms in total. The smallest absolute Gasteiger partial charge is 0.239 e. The molecule has 1 amide bonds. The molecule has 3 rings (SSSR count). The number of carbonyl (C=O) groups is 1. The highest BCUT2D eigenvalue weighted by molar-refractivity contribution is 7.88. The maximum Gasteiger partial charge on any atom is 0.239 e. The number of halogens is 1. The van der Waals surface area contributed by atoms with Crippen LogP contribution in [0.4, 0.5) is 5.69 Å². The van der Waals surface area contributed by atoms with E-state index in [2.05, 4.69) is 5.32 Å². The van der Waals surface area contributed by atoms with Gasteiger partial charge < -0.3 is 14.8 Å². The number of hydrogen-bond acceptors (Lipinski definition) is 5. The molecule has 0 spiro atoms. The van der Waals surface area contributed by atoms with E-state index in [0.717, 1.165) is 10.6 Å². The summed E-state index contributed by atoms with van der Waals surface area (Å²) in [4.78, 5) is 12.3. The highest BCUT2D eigenvalue weighted by atomic mass is 35.5. The van der Waals surface area contributed by atoms with Gasteiger partial charge in [0, 0.05) is 6.54 Å². The van der Waals surface area contributed by atoms with Crippen LogP contribution in [0.25, 0.3) is 0 Å². The topological polar surface area (TPSA) is 84.9 Å². The lowest BCUT2D eigenvalue weighted by atomic mass is 10.2. The Morgan fingerprint density at radius 3 is 2.65 bits per heavy atom. The van der Waals surface area contributed by atoms with Crippen molar-refractivity contribution in [3.63, 3.8) is 0 Å². The second-order valence-corrected chi connectivity index (χ2v) is 8.14. The summed E-state index contributed by atoms with van der Waals surface area (Å²) in [7, 11) is -3.61. The fourth-order valence-electron chi connectivity index (χ4n) is 2.45.